The fourth-order valence-corrected chi connectivity index (χ4v) is 1.23. The van der Waals surface area contributed by atoms with Crippen molar-refractivity contribution in [1.82, 2.24) is 0 Å². The summed E-state index contributed by atoms with van der Waals surface area (Å²) in [4.78, 5) is 0.396. The van der Waals surface area contributed by atoms with E-state index in [0.717, 1.165) is 0 Å². The van der Waals surface area contributed by atoms with Crippen molar-refractivity contribution in [2.75, 3.05) is 0 Å². The van der Waals surface area contributed by atoms with Crippen LogP contribution in [0.2, 0.25) is 0 Å². The van der Waals surface area contributed by atoms with Gasteiger partial charge in [-0.1, -0.05) is 0 Å². The summed E-state index contributed by atoms with van der Waals surface area (Å²) in [6, 6.07) is 5.36. The third kappa shape index (κ3) is 2.21. The second-order valence-electron chi connectivity index (χ2n) is 1.95. The van der Waals surface area contributed by atoms with Crippen LogP contribution < -0.4 is 0 Å². The van der Waals surface area contributed by atoms with Crippen LogP contribution in [0.25, 0.3) is 0 Å². The highest BCUT2D eigenvalue weighted by Crippen LogP contribution is 2.11. The van der Waals surface area contributed by atoms with Crippen molar-refractivity contribution in [2.24, 2.45) is 0 Å². The highest BCUT2D eigenvalue weighted by atomic mass is 32.2. The first kappa shape index (κ1) is 8.58. The minimum absolute atomic E-state index is 0.227. The van der Waals surface area contributed by atoms with Crippen LogP contribution in [-0.4, -0.2) is 13.0 Å². The van der Waals surface area contributed by atoms with Gasteiger partial charge in [-0.25, -0.2) is 8.42 Å². The maximum atomic E-state index is 10.4. The Morgan fingerprint density at radius 2 is 1.64 bits per heavy atom. The van der Waals surface area contributed by atoms with Crippen molar-refractivity contribution < 1.29 is 13.0 Å². The van der Waals surface area contributed by atoms with Gasteiger partial charge < -0.3 is 4.55 Å². The molecule has 0 spiro atoms. The average Bonchev–Trinajstić information content (AvgIpc) is 1.86. The fourth-order valence-electron chi connectivity index (χ4n) is 0.613. The monoisotopic (exact) mass is 189 g/mol. The molecule has 0 saturated heterocycles. The molecule has 0 unspecified atom stereocenters. The normalized spacial score (nSPS) is 11.5. The van der Waals surface area contributed by atoms with Gasteiger partial charge in [0.1, 0.15) is 10.1 Å². The van der Waals surface area contributed by atoms with Gasteiger partial charge in [-0.3, -0.25) is 0 Å². The van der Waals surface area contributed by atoms with Crippen LogP contribution in [0.3, 0.4) is 0 Å². The average molecular weight is 189 g/mol. The van der Waals surface area contributed by atoms with Crippen LogP contribution in [0.15, 0.2) is 34.1 Å². The molecule has 0 N–H and O–H groups in total. The van der Waals surface area contributed by atoms with E-state index in [1.54, 1.807) is 0 Å². The Balaban J connectivity index is 3.20. The Morgan fingerprint density at radius 3 is 2.00 bits per heavy atom. The number of hydrogen-bond donors (Lipinski definition) is 1. The van der Waals surface area contributed by atoms with Crippen molar-refractivity contribution in [3.05, 3.63) is 24.3 Å². The van der Waals surface area contributed by atoms with E-state index in [1.165, 1.54) is 24.3 Å². The summed E-state index contributed by atoms with van der Waals surface area (Å²) in [5.41, 5.74) is 0. The Morgan fingerprint density at radius 1 is 1.18 bits per heavy atom. The number of thiol groups is 1. The van der Waals surface area contributed by atoms with Crippen molar-refractivity contribution in [2.45, 2.75) is 9.79 Å². The van der Waals surface area contributed by atoms with Gasteiger partial charge in [0.05, 0.1) is 4.90 Å². The van der Waals surface area contributed by atoms with Crippen LogP contribution in [0, 0.1) is 0 Å². The molecule has 0 saturated carbocycles. The first-order valence-electron chi connectivity index (χ1n) is 2.75. The molecule has 0 heterocycles. The molecular weight excluding hydrogens is 184 g/mol. The summed E-state index contributed by atoms with van der Waals surface area (Å²) in [6.07, 6.45) is 0. The molecule has 1 aromatic carbocycles. The van der Waals surface area contributed by atoms with Gasteiger partial charge >= 0.3 is 0 Å². The molecule has 5 heteroatoms. The second kappa shape index (κ2) is 2.84. The van der Waals surface area contributed by atoms with Crippen molar-refractivity contribution >= 4 is 22.7 Å². The minimum atomic E-state index is -4.30. The number of rotatable bonds is 1. The SMILES string of the molecule is O=S(=O)([O-])c1ccc(S)cc1. The fraction of sp³-hybridized carbons (Fsp3) is 0. The Bertz CT molecular complexity index is 339. The van der Waals surface area contributed by atoms with Gasteiger partial charge in [-0.05, 0) is 24.3 Å². The third-order valence-corrected chi connectivity index (χ3v) is 2.27. The predicted octanol–water partition coefficient (Wildman–Crippen LogP) is 0.879. The van der Waals surface area contributed by atoms with E-state index < -0.39 is 10.1 Å². The molecule has 11 heavy (non-hydrogen) atoms. The second-order valence-corrected chi connectivity index (χ2v) is 3.84. The highest BCUT2D eigenvalue weighted by Gasteiger charge is 1.98. The van der Waals surface area contributed by atoms with E-state index in [2.05, 4.69) is 12.6 Å². The molecule has 0 radical (unpaired) electrons. The summed E-state index contributed by atoms with van der Waals surface area (Å²) < 4.78 is 31.1. The van der Waals surface area contributed by atoms with E-state index in [1.807, 2.05) is 0 Å². The van der Waals surface area contributed by atoms with Crippen LogP contribution in [0.5, 0.6) is 0 Å². The Labute approximate surface area is 70.2 Å². The van der Waals surface area contributed by atoms with Gasteiger partial charge in [-0.2, -0.15) is 0 Å². The quantitative estimate of drug-likeness (QED) is 0.527. The van der Waals surface area contributed by atoms with Crippen LogP contribution >= 0.6 is 12.6 Å². The molecule has 0 aliphatic carbocycles. The molecule has 0 amide bonds. The maximum Gasteiger partial charge on any atom is 0.124 e. The number of benzene rings is 1. The summed E-state index contributed by atoms with van der Waals surface area (Å²) in [7, 11) is -4.30. The molecule has 0 fully saturated rings. The van der Waals surface area contributed by atoms with E-state index in [0.29, 0.717) is 4.90 Å². The lowest BCUT2D eigenvalue weighted by atomic mass is 10.4. The maximum absolute atomic E-state index is 10.4. The van der Waals surface area contributed by atoms with E-state index in [-0.39, 0.29) is 4.90 Å². The van der Waals surface area contributed by atoms with Crippen molar-refractivity contribution in [1.29, 1.82) is 0 Å². The van der Waals surface area contributed by atoms with Gasteiger partial charge in [0.2, 0.25) is 0 Å². The van der Waals surface area contributed by atoms with Crippen LogP contribution in [0.4, 0.5) is 0 Å². The largest absolute Gasteiger partial charge is 0.744 e. The zero-order chi connectivity index (χ0) is 8.48. The molecule has 0 atom stereocenters. The van der Waals surface area contributed by atoms with E-state index in [9.17, 15) is 13.0 Å². The molecule has 3 nitrogen and oxygen atoms in total. The molecule has 0 aromatic heterocycles. The zero-order valence-corrected chi connectivity index (χ0v) is 7.10. The van der Waals surface area contributed by atoms with Gasteiger partial charge in [-0.15, -0.1) is 12.6 Å². The molecule has 0 aliphatic rings. The molecule has 0 bridgehead atoms. The molecule has 60 valence electrons. The van der Waals surface area contributed by atoms with E-state index >= 15 is 0 Å². The molecule has 1 rings (SSSR count). The molecule has 1 aromatic rings. The zero-order valence-electron chi connectivity index (χ0n) is 5.39. The number of hydrogen-bond acceptors (Lipinski definition) is 4. The molecule has 0 aliphatic heterocycles. The van der Waals surface area contributed by atoms with Crippen LogP contribution in [0.1, 0.15) is 0 Å². The highest BCUT2D eigenvalue weighted by molar-refractivity contribution is 7.85. The first-order valence-corrected chi connectivity index (χ1v) is 4.60. The lowest BCUT2D eigenvalue weighted by Crippen LogP contribution is -1.97. The lowest BCUT2D eigenvalue weighted by molar-refractivity contribution is 0.463. The topological polar surface area (TPSA) is 57.2 Å². The smallest absolute Gasteiger partial charge is 0.124 e. The predicted molar refractivity (Wildman–Crippen MR) is 41.7 cm³/mol. The summed E-state index contributed by atoms with van der Waals surface area (Å²) in [5.74, 6) is 0. The van der Waals surface area contributed by atoms with Gasteiger partial charge in [0.15, 0.2) is 0 Å². The third-order valence-electron chi connectivity index (χ3n) is 1.13. The van der Waals surface area contributed by atoms with E-state index in [4.69, 9.17) is 0 Å². The van der Waals surface area contributed by atoms with Crippen LogP contribution in [-0.2, 0) is 10.1 Å². The Kier molecular flexibility index (Phi) is 2.22. The molecular formula is C6H5O3S2-. The Hall–Kier alpha value is -0.520. The lowest BCUT2D eigenvalue weighted by Gasteiger charge is -2.05. The summed E-state index contributed by atoms with van der Waals surface area (Å²) in [6.45, 7) is 0. The minimum Gasteiger partial charge on any atom is -0.744 e. The van der Waals surface area contributed by atoms with Gasteiger partial charge in [0, 0.05) is 4.90 Å². The standard InChI is InChI=1S/C6H6O3S2/c7-11(8,9)6-3-1-5(10)2-4-6/h1-4,10H,(H,7,8,9)/p-1. The van der Waals surface area contributed by atoms with Crippen molar-refractivity contribution in [3.8, 4) is 0 Å². The van der Waals surface area contributed by atoms with Gasteiger partial charge in [0.25, 0.3) is 0 Å². The van der Waals surface area contributed by atoms with Crippen molar-refractivity contribution in [3.63, 3.8) is 0 Å². The summed E-state index contributed by atoms with van der Waals surface area (Å²) in [5, 5.41) is 0. The first-order chi connectivity index (χ1) is 5.00. The summed E-state index contributed by atoms with van der Waals surface area (Å²) >= 11 is 3.93.